The lowest BCUT2D eigenvalue weighted by Gasteiger charge is -2.25. The van der Waals surface area contributed by atoms with E-state index in [1.54, 1.807) is 0 Å². The van der Waals surface area contributed by atoms with Crippen LogP contribution in [0.15, 0.2) is 0 Å². The van der Waals surface area contributed by atoms with Gasteiger partial charge in [0.15, 0.2) is 0 Å². The second-order valence-electron chi connectivity index (χ2n) is 5.76. The minimum absolute atomic E-state index is 0. The molecule has 2 unspecified atom stereocenters. The summed E-state index contributed by atoms with van der Waals surface area (Å²) in [6.07, 6.45) is 3.53. The lowest BCUT2D eigenvalue weighted by molar-refractivity contribution is 0.0278. The van der Waals surface area contributed by atoms with Crippen LogP contribution in [-0.2, 0) is 4.74 Å². The van der Waals surface area contributed by atoms with Crippen LogP contribution in [-0.4, -0.2) is 32.2 Å². The van der Waals surface area contributed by atoms with Gasteiger partial charge in [0.1, 0.15) is 0 Å². The summed E-state index contributed by atoms with van der Waals surface area (Å²) in [6, 6.07) is 0. The Labute approximate surface area is 113 Å². The van der Waals surface area contributed by atoms with Crippen LogP contribution >= 0.6 is 12.4 Å². The van der Waals surface area contributed by atoms with E-state index >= 15 is 0 Å². The molecule has 3 fully saturated rings. The monoisotopic (exact) mass is 281 g/mol. The third-order valence-corrected chi connectivity index (χ3v) is 4.83. The van der Waals surface area contributed by atoms with Gasteiger partial charge < -0.3 is 10.1 Å². The Morgan fingerprint density at radius 2 is 1.39 bits per heavy atom. The zero-order valence-corrected chi connectivity index (χ0v) is 11.4. The lowest BCUT2D eigenvalue weighted by atomic mass is 9.87. The van der Waals surface area contributed by atoms with Gasteiger partial charge in [0.2, 0.25) is 0 Å². The highest BCUT2D eigenvalue weighted by Crippen LogP contribution is 2.64. The predicted octanol–water partition coefficient (Wildman–Crippen LogP) is 2.72. The van der Waals surface area contributed by atoms with Gasteiger partial charge in [0.05, 0.1) is 0 Å². The molecule has 2 atom stereocenters. The molecule has 0 spiro atoms. The van der Waals surface area contributed by atoms with Crippen LogP contribution in [0.5, 0.6) is 0 Å². The molecule has 0 aromatic carbocycles. The molecule has 5 heteroatoms. The molecule has 2 heterocycles. The largest absolute Gasteiger partial charge is 0.381 e. The van der Waals surface area contributed by atoms with Crippen molar-refractivity contribution in [2.24, 2.45) is 23.7 Å². The van der Waals surface area contributed by atoms with Crippen LogP contribution in [0.3, 0.4) is 0 Å². The van der Waals surface area contributed by atoms with Crippen molar-refractivity contribution in [1.82, 2.24) is 5.32 Å². The summed E-state index contributed by atoms with van der Waals surface area (Å²) >= 11 is 0. The third kappa shape index (κ3) is 2.52. The van der Waals surface area contributed by atoms with E-state index in [-0.39, 0.29) is 36.1 Å². The summed E-state index contributed by atoms with van der Waals surface area (Å²) in [5, 5.41) is 3.25. The number of ether oxygens (including phenoxy) is 1. The summed E-state index contributed by atoms with van der Waals surface area (Å²) in [5.41, 5.74) is 0. The normalized spacial score (nSPS) is 37.0. The smallest absolute Gasteiger partial charge is 0.255 e. The van der Waals surface area contributed by atoms with Gasteiger partial charge in [-0.05, 0) is 50.6 Å². The van der Waals surface area contributed by atoms with E-state index in [9.17, 15) is 8.78 Å². The number of halogens is 3. The number of nitrogens with one attached hydrogen (secondary N) is 1. The molecule has 0 amide bonds. The first-order valence-electron chi connectivity index (χ1n) is 6.87. The molecule has 3 aliphatic rings. The minimum Gasteiger partial charge on any atom is -0.381 e. The first kappa shape index (κ1) is 14.5. The standard InChI is InChI=1S/C13H21F2NO.ClH/c14-13(15)11(9-1-5-16-6-2-9)12(13)10-3-7-17-8-4-10;/h9-12,16H,1-8H2;1H. The van der Waals surface area contributed by atoms with Crippen LogP contribution < -0.4 is 5.32 Å². The van der Waals surface area contributed by atoms with E-state index in [4.69, 9.17) is 4.74 Å². The second kappa shape index (κ2) is 5.59. The summed E-state index contributed by atoms with van der Waals surface area (Å²) in [7, 11) is 0. The fourth-order valence-corrected chi connectivity index (χ4v) is 3.87. The van der Waals surface area contributed by atoms with Gasteiger partial charge in [-0.15, -0.1) is 12.4 Å². The van der Waals surface area contributed by atoms with Gasteiger partial charge in [-0.3, -0.25) is 0 Å². The molecule has 1 aliphatic carbocycles. The summed E-state index contributed by atoms with van der Waals surface area (Å²) in [5.74, 6) is -2.59. The zero-order valence-electron chi connectivity index (χ0n) is 10.5. The van der Waals surface area contributed by atoms with Gasteiger partial charge >= 0.3 is 0 Å². The van der Waals surface area contributed by atoms with E-state index in [2.05, 4.69) is 5.32 Å². The van der Waals surface area contributed by atoms with Crippen LogP contribution in [0.25, 0.3) is 0 Å². The zero-order chi connectivity index (χ0) is 11.9. The molecular formula is C13H22ClF2NO. The first-order chi connectivity index (χ1) is 8.21. The third-order valence-electron chi connectivity index (χ3n) is 4.83. The average molecular weight is 282 g/mol. The van der Waals surface area contributed by atoms with E-state index < -0.39 is 5.92 Å². The fraction of sp³-hybridized carbons (Fsp3) is 1.00. The molecule has 106 valence electrons. The molecule has 2 saturated heterocycles. The summed E-state index contributed by atoms with van der Waals surface area (Å²) in [4.78, 5) is 0. The molecule has 1 N–H and O–H groups in total. The predicted molar refractivity (Wildman–Crippen MR) is 68.3 cm³/mol. The number of hydrogen-bond donors (Lipinski definition) is 1. The number of hydrogen-bond acceptors (Lipinski definition) is 2. The van der Waals surface area contributed by atoms with E-state index in [0.717, 1.165) is 38.8 Å². The topological polar surface area (TPSA) is 21.3 Å². The Kier molecular flexibility index (Phi) is 4.50. The van der Waals surface area contributed by atoms with Crippen molar-refractivity contribution in [3.63, 3.8) is 0 Å². The Balaban J connectivity index is 0.00000120. The van der Waals surface area contributed by atoms with Gasteiger partial charge in [0.25, 0.3) is 5.92 Å². The molecule has 0 aromatic rings. The summed E-state index contributed by atoms with van der Waals surface area (Å²) in [6.45, 7) is 3.18. The number of rotatable bonds is 2. The SMILES string of the molecule is Cl.FC1(F)C(C2CCNCC2)C1C1CCOCC1. The van der Waals surface area contributed by atoms with Crippen molar-refractivity contribution in [2.75, 3.05) is 26.3 Å². The maximum atomic E-state index is 14.0. The molecule has 3 rings (SSSR count). The van der Waals surface area contributed by atoms with Crippen molar-refractivity contribution in [2.45, 2.75) is 31.6 Å². The van der Waals surface area contributed by atoms with Crippen LogP contribution in [0, 0.1) is 23.7 Å². The maximum Gasteiger partial charge on any atom is 0.255 e. The molecule has 0 radical (unpaired) electrons. The van der Waals surface area contributed by atoms with Crippen molar-refractivity contribution >= 4 is 12.4 Å². The average Bonchev–Trinajstić information content (AvgIpc) is 2.94. The minimum atomic E-state index is -2.38. The highest BCUT2D eigenvalue weighted by molar-refractivity contribution is 5.85. The first-order valence-corrected chi connectivity index (χ1v) is 6.87. The summed E-state index contributed by atoms with van der Waals surface area (Å²) < 4.78 is 33.2. The fourth-order valence-electron chi connectivity index (χ4n) is 3.87. The van der Waals surface area contributed by atoms with Gasteiger partial charge in [-0.25, -0.2) is 8.78 Å². The number of alkyl halides is 2. The van der Waals surface area contributed by atoms with Crippen molar-refractivity contribution < 1.29 is 13.5 Å². The van der Waals surface area contributed by atoms with Crippen molar-refractivity contribution in [1.29, 1.82) is 0 Å². The highest BCUT2D eigenvalue weighted by atomic mass is 35.5. The number of piperidine rings is 1. The van der Waals surface area contributed by atoms with E-state index in [1.165, 1.54) is 0 Å². The molecule has 2 aliphatic heterocycles. The Bertz CT molecular complexity index is 252. The molecule has 0 bridgehead atoms. The van der Waals surface area contributed by atoms with Crippen molar-refractivity contribution in [3.8, 4) is 0 Å². The van der Waals surface area contributed by atoms with Gasteiger partial charge in [0, 0.05) is 25.0 Å². The van der Waals surface area contributed by atoms with Crippen LogP contribution in [0.1, 0.15) is 25.7 Å². The van der Waals surface area contributed by atoms with E-state index in [1.807, 2.05) is 0 Å². The lowest BCUT2D eigenvalue weighted by Crippen LogP contribution is -2.30. The van der Waals surface area contributed by atoms with Crippen molar-refractivity contribution in [3.05, 3.63) is 0 Å². The Morgan fingerprint density at radius 1 is 0.889 bits per heavy atom. The second-order valence-corrected chi connectivity index (χ2v) is 5.76. The Morgan fingerprint density at radius 3 is 1.94 bits per heavy atom. The van der Waals surface area contributed by atoms with Crippen LogP contribution in [0.4, 0.5) is 8.78 Å². The molecular weight excluding hydrogens is 260 g/mol. The Hall–Kier alpha value is 0.0700. The van der Waals surface area contributed by atoms with E-state index in [0.29, 0.717) is 13.2 Å². The maximum absolute atomic E-state index is 14.0. The molecule has 1 saturated carbocycles. The molecule has 0 aromatic heterocycles. The highest BCUT2D eigenvalue weighted by Gasteiger charge is 2.71. The molecule has 2 nitrogen and oxygen atoms in total. The van der Waals surface area contributed by atoms with Gasteiger partial charge in [-0.2, -0.15) is 0 Å². The molecule has 18 heavy (non-hydrogen) atoms. The van der Waals surface area contributed by atoms with Gasteiger partial charge in [-0.1, -0.05) is 0 Å². The van der Waals surface area contributed by atoms with Crippen LogP contribution in [0.2, 0.25) is 0 Å². The quantitative estimate of drug-likeness (QED) is 0.840.